The Bertz CT molecular complexity index is 394. The fourth-order valence-corrected chi connectivity index (χ4v) is 1.48. The molecule has 0 atom stereocenters. The highest BCUT2D eigenvalue weighted by molar-refractivity contribution is 5.54. The Morgan fingerprint density at radius 1 is 1.21 bits per heavy atom. The quantitative estimate of drug-likeness (QED) is 0.615. The summed E-state index contributed by atoms with van der Waals surface area (Å²) < 4.78 is 45.2. The number of hydrogen-bond donors (Lipinski definition) is 1. The van der Waals surface area contributed by atoms with Gasteiger partial charge in [0.05, 0.1) is 18.9 Å². The van der Waals surface area contributed by atoms with Crippen LogP contribution in [0.25, 0.3) is 0 Å². The second-order valence-electron chi connectivity index (χ2n) is 4.10. The van der Waals surface area contributed by atoms with E-state index in [1.54, 1.807) is 6.07 Å². The lowest BCUT2D eigenvalue weighted by atomic mass is 10.1. The number of alkyl halides is 3. The van der Waals surface area contributed by atoms with Gasteiger partial charge in [-0.25, -0.2) is 0 Å². The van der Waals surface area contributed by atoms with Crippen LogP contribution in [-0.2, 0) is 11.2 Å². The lowest BCUT2D eigenvalue weighted by Crippen LogP contribution is -2.18. The van der Waals surface area contributed by atoms with Crippen molar-refractivity contribution in [2.24, 2.45) is 0 Å². The molecule has 3 nitrogen and oxygen atoms in total. The van der Waals surface area contributed by atoms with Gasteiger partial charge in [-0.15, -0.1) is 0 Å². The number of rotatable bonds is 7. The number of anilines is 1. The lowest BCUT2D eigenvalue weighted by Gasteiger charge is -2.11. The van der Waals surface area contributed by atoms with Gasteiger partial charge < -0.3 is 15.2 Å². The van der Waals surface area contributed by atoms with Crippen LogP contribution in [0.15, 0.2) is 18.2 Å². The maximum absolute atomic E-state index is 11.8. The van der Waals surface area contributed by atoms with Crippen LogP contribution in [0.5, 0.6) is 5.75 Å². The third-order valence-electron chi connectivity index (χ3n) is 2.44. The van der Waals surface area contributed by atoms with Crippen LogP contribution in [0.4, 0.5) is 18.9 Å². The average Bonchev–Trinajstić information content (AvgIpc) is 2.33. The molecule has 0 aliphatic rings. The van der Waals surface area contributed by atoms with E-state index in [1.165, 1.54) is 0 Å². The van der Waals surface area contributed by atoms with E-state index in [2.05, 4.69) is 4.74 Å². The predicted octanol–water partition coefficient (Wildman–Crippen LogP) is 3.18. The maximum atomic E-state index is 11.8. The van der Waals surface area contributed by atoms with Crippen molar-refractivity contribution in [3.63, 3.8) is 0 Å². The number of benzene rings is 1. The maximum Gasteiger partial charge on any atom is 0.411 e. The van der Waals surface area contributed by atoms with E-state index in [1.807, 2.05) is 19.1 Å². The average molecular weight is 277 g/mol. The molecule has 1 aromatic carbocycles. The molecule has 0 aliphatic carbocycles. The van der Waals surface area contributed by atoms with Crippen molar-refractivity contribution in [3.05, 3.63) is 23.8 Å². The molecule has 0 aliphatic heterocycles. The first-order valence-corrected chi connectivity index (χ1v) is 6.08. The Morgan fingerprint density at radius 3 is 2.53 bits per heavy atom. The molecule has 1 aromatic rings. The first-order chi connectivity index (χ1) is 8.92. The van der Waals surface area contributed by atoms with Gasteiger partial charge >= 0.3 is 6.18 Å². The van der Waals surface area contributed by atoms with Gasteiger partial charge in [-0.05, 0) is 24.1 Å². The second-order valence-corrected chi connectivity index (χ2v) is 4.10. The highest BCUT2D eigenvalue weighted by atomic mass is 19.4. The molecule has 0 heterocycles. The summed E-state index contributed by atoms with van der Waals surface area (Å²) in [4.78, 5) is 0. The van der Waals surface area contributed by atoms with Crippen LogP contribution in [0.3, 0.4) is 0 Å². The summed E-state index contributed by atoms with van der Waals surface area (Å²) in [5.74, 6) is 0.549. The van der Waals surface area contributed by atoms with Gasteiger partial charge in [0, 0.05) is 6.42 Å². The van der Waals surface area contributed by atoms with Crippen LogP contribution in [0, 0.1) is 0 Å². The molecule has 1 rings (SSSR count). The number of halogens is 3. The minimum Gasteiger partial charge on any atom is -0.491 e. The molecule has 0 fully saturated rings. The summed E-state index contributed by atoms with van der Waals surface area (Å²) >= 11 is 0. The topological polar surface area (TPSA) is 44.5 Å². The Kier molecular flexibility index (Phi) is 5.95. The molecule has 0 spiro atoms. The number of aryl methyl sites for hydroxylation is 1. The summed E-state index contributed by atoms with van der Waals surface area (Å²) in [6.07, 6.45) is -3.01. The molecule has 0 aromatic heterocycles. The Hall–Kier alpha value is -1.43. The van der Waals surface area contributed by atoms with Crippen molar-refractivity contribution in [2.45, 2.75) is 25.9 Å². The molecule has 0 bridgehead atoms. The highest BCUT2D eigenvalue weighted by Gasteiger charge is 2.27. The zero-order chi connectivity index (χ0) is 14.3. The molecular formula is C13H18F3NO2. The summed E-state index contributed by atoms with van der Waals surface area (Å²) in [6, 6.07) is 5.51. The number of ether oxygens (including phenoxy) is 2. The summed E-state index contributed by atoms with van der Waals surface area (Å²) in [7, 11) is 0. The molecular weight excluding hydrogens is 259 g/mol. The first-order valence-electron chi connectivity index (χ1n) is 6.08. The van der Waals surface area contributed by atoms with E-state index in [4.69, 9.17) is 10.5 Å². The van der Waals surface area contributed by atoms with Crippen molar-refractivity contribution in [1.29, 1.82) is 0 Å². The van der Waals surface area contributed by atoms with Crippen molar-refractivity contribution < 1.29 is 22.6 Å². The molecule has 0 saturated heterocycles. The molecule has 19 heavy (non-hydrogen) atoms. The van der Waals surface area contributed by atoms with Crippen LogP contribution < -0.4 is 10.5 Å². The largest absolute Gasteiger partial charge is 0.491 e. The van der Waals surface area contributed by atoms with E-state index in [-0.39, 0.29) is 13.2 Å². The monoisotopic (exact) mass is 277 g/mol. The van der Waals surface area contributed by atoms with Crippen LogP contribution in [-0.4, -0.2) is 26.0 Å². The van der Waals surface area contributed by atoms with Crippen molar-refractivity contribution in [2.75, 3.05) is 25.6 Å². The SMILES string of the molecule is CCc1ccc(OCCCOCC(F)(F)F)c(N)c1. The van der Waals surface area contributed by atoms with E-state index in [0.717, 1.165) is 12.0 Å². The van der Waals surface area contributed by atoms with Gasteiger partial charge in [0.2, 0.25) is 0 Å². The van der Waals surface area contributed by atoms with Gasteiger partial charge in [-0.3, -0.25) is 0 Å². The molecule has 108 valence electrons. The predicted molar refractivity (Wildman–Crippen MR) is 67.2 cm³/mol. The van der Waals surface area contributed by atoms with Gasteiger partial charge in [-0.1, -0.05) is 13.0 Å². The number of nitrogen functional groups attached to an aromatic ring is 1. The number of hydrogen-bond acceptors (Lipinski definition) is 3. The summed E-state index contributed by atoms with van der Waals surface area (Å²) in [5, 5.41) is 0. The summed E-state index contributed by atoms with van der Waals surface area (Å²) in [6.45, 7) is 1.08. The molecule has 0 amide bonds. The molecule has 6 heteroatoms. The normalized spacial score (nSPS) is 11.6. The van der Waals surface area contributed by atoms with Crippen molar-refractivity contribution in [1.82, 2.24) is 0 Å². The Morgan fingerprint density at radius 2 is 1.95 bits per heavy atom. The van der Waals surface area contributed by atoms with Gasteiger partial charge in [0.25, 0.3) is 0 Å². The zero-order valence-electron chi connectivity index (χ0n) is 10.8. The van der Waals surface area contributed by atoms with Crippen molar-refractivity contribution >= 4 is 5.69 Å². The van der Waals surface area contributed by atoms with Gasteiger partial charge in [0.15, 0.2) is 0 Å². The third kappa shape index (κ3) is 6.33. The lowest BCUT2D eigenvalue weighted by molar-refractivity contribution is -0.174. The van der Waals surface area contributed by atoms with Gasteiger partial charge in [0.1, 0.15) is 12.4 Å². The minimum atomic E-state index is -4.28. The van der Waals surface area contributed by atoms with E-state index in [9.17, 15) is 13.2 Å². The standard InChI is InChI=1S/C13H18F3NO2/c1-2-10-4-5-12(11(17)8-10)19-7-3-6-18-9-13(14,15)16/h4-5,8H,2-3,6-7,9,17H2,1H3. The molecule has 2 N–H and O–H groups in total. The smallest absolute Gasteiger partial charge is 0.411 e. The fraction of sp³-hybridized carbons (Fsp3) is 0.538. The zero-order valence-corrected chi connectivity index (χ0v) is 10.8. The van der Waals surface area contributed by atoms with E-state index in [0.29, 0.717) is 17.9 Å². The van der Waals surface area contributed by atoms with Gasteiger partial charge in [-0.2, -0.15) is 13.2 Å². The van der Waals surface area contributed by atoms with Crippen LogP contribution in [0.1, 0.15) is 18.9 Å². The molecule has 0 radical (unpaired) electrons. The fourth-order valence-electron chi connectivity index (χ4n) is 1.48. The van der Waals surface area contributed by atoms with Crippen LogP contribution >= 0.6 is 0 Å². The Labute approximate surface area is 110 Å². The molecule has 0 saturated carbocycles. The third-order valence-corrected chi connectivity index (χ3v) is 2.44. The first kappa shape index (κ1) is 15.6. The van der Waals surface area contributed by atoms with E-state index < -0.39 is 12.8 Å². The second kappa shape index (κ2) is 7.23. The van der Waals surface area contributed by atoms with Crippen molar-refractivity contribution in [3.8, 4) is 5.75 Å². The highest BCUT2D eigenvalue weighted by Crippen LogP contribution is 2.22. The Balaban J connectivity index is 2.23. The molecule has 0 unspecified atom stereocenters. The minimum absolute atomic E-state index is 0.00641. The number of nitrogens with two attached hydrogens (primary N) is 1. The summed E-state index contributed by atoms with van der Waals surface area (Å²) in [5.41, 5.74) is 7.44. The van der Waals surface area contributed by atoms with E-state index >= 15 is 0 Å². The van der Waals surface area contributed by atoms with Crippen LogP contribution in [0.2, 0.25) is 0 Å².